The molecule has 4 heterocycles. The first kappa shape index (κ1) is 26.3. The van der Waals surface area contributed by atoms with Crippen LogP contribution in [0.25, 0.3) is 38.2 Å². The predicted molar refractivity (Wildman–Crippen MR) is 163 cm³/mol. The van der Waals surface area contributed by atoms with E-state index < -0.39 is 5.82 Å². The number of halogens is 1. The maximum absolute atomic E-state index is 15.1. The Kier molecular flexibility index (Phi) is 6.31. The van der Waals surface area contributed by atoms with Crippen molar-refractivity contribution in [2.45, 2.75) is 45.8 Å². The van der Waals surface area contributed by atoms with Gasteiger partial charge in [-0.15, -0.1) is 11.3 Å². The first-order chi connectivity index (χ1) is 20.3. The monoisotopic (exact) mass is 580 g/mol. The number of thiazole rings is 1. The van der Waals surface area contributed by atoms with Crippen molar-refractivity contribution in [2.75, 3.05) is 5.73 Å². The zero-order valence-electron chi connectivity index (χ0n) is 23.4. The second-order valence-corrected chi connectivity index (χ2v) is 11.9. The summed E-state index contributed by atoms with van der Waals surface area (Å²) in [5.41, 5.74) is 11.2. The van der Waals surface area contributed by atoms with Gasteiger partial charge >= 0.3 is 0 Å². The number of hydrogen-bond acceptors (Lipinski definition) is 7. The maximum Gasteiger partial charge on any atom is 0.264 e. The lowest BCUT2D eigenvalue weighted by Gasteiger charge is -2.22. The van der Waals surface area contributed by atoms with Crippen molar-refractivity contribution in [3.8, 4) is 28.1 Å². The molecular formula is C32H29FN6O2S. The molecule has 2 N–H and O–H groups in total. The fourth-order valence-corrected chi connectivity index (χ4v) is 6.66. The highest BCUT2D eigenvalue weighted by atomic mass is 32.1. The summed E-state index contributed by atoms with van der Waals surface area (Å²) in [6.07, 6.45) is 3.22. The van der Waals surface area contributed by atoms with Crippen molar-refractivity contribution < 1.29 is 9.13 Å². The number of rotatable bonds is 7. The van der Waals surface area contributed by atoms with Crippen LogP contribution in [0.2, 0.25) is 0 Å². The van der Waals surface area contributed by atoms with Crippen LogP contribution in [-0.2, 0) is 0 Å². The van der Waals surface area contributed by atoms with E-state index in [4.69, 9.17) is 15.6 Å². The van der Waals surface area contributed by atoms with Crippen molar-refractivity contribution >= 4 is 33.0 Å². The van der Waals surface area contributed by atoms with Gasteiger partial charge in [0.25, 0.3) is 5.56 Å². The molecule has 10 heteroatoms. The number of fused-ring (bicyclic) bond motifs is 2. The van der Waals surface area contributed by atoms with E-state index in [9.17, 15) is 4.79 Å². The molecule has 1 aliphatic carbocycles. The molecule has 1 saturated carbocycles. The fraction of sp³-hybridized carbons (Fsp3) is 0.250. The summed E-state index contributed by atoms with van der Waals surface area (Å²) < 4.78 is 24.4. The Morgan fingerprint density at radius 3 is 2.57 bits per heavy atom. The van der Waals surface area contributed by atoms with E-state index in [0.717, 1.165) is 34.5 Å². The van der Waals surface area contributed by atoms with Gasteiger partial charge in [0.1, 0.15) is 22.7 Å². The van der Waals surface area contributed by atoms with E-state index in [0.29, 0.717) is 27.9 Å². The molecule has 1 aliphatic rings. The van der Waals surface area contributed by atoms with E-state index in [1.807, 2.05) is 61.2 Å². The van der Waals surface area contributed by atoms with Gasteiger partial charge in [0.2, 0.25) is 0 Å². The van der Waals surface area contributed by atoms with Crippen molar-refractivity contribution in [1.82, 2.24) is 24.1 Å². The molecule has 0 aliphatic heterocycles. The van der Waals surface area contributed by atoms with Crippen molar-refractivity contribution in [1.29, 1.82) is 0 Å². The van der Waals surface area contributed by atoms with Gasteiger partial charge in [-0.3, -0.25) is 9.20 Å². The Labute approximate surface area is 245 Å². The molecule has 212 valence electrons. The number of hydrogen-bond donors (Lipinski definition) is 1. The second-order valence-electron chi connectivity index (χ2n) is 11.0. The molecule has 0 spiro atoms. The van der Waals surface area contributed by atoms with Crippen LogP contribution in [0.4, 0.5) is 10.2 Å². The SMILES string of the molecule is Cc1csc2cc(C(C3CC3)n3nc(-c4ccc(OC(C)C)c(F)c4)c4c(N)ncnc43)c(-c3ccccc3)c(=O)n12. The molecule has 6 aromatic rings. The zero-order chi connectivity index (χ0) is 29.1. The number of aryl methyl sites for hydroxylation is 1. The summed E-state index contributed by atoms with van der Waals surface area (Å²) >= 11 is 1.54. The summed E-state index contributed by atoms with van der Waals surface area (Å²) in [4.78, 5) is 23.9. The van der Waals surface area contributed by atoms with E-state index >= 15 is 4.39 Å². The molecule has 0 saturated heterocycles. The maximum atomic E-state index is 15.1. The lowest BCUT2D eigenvalue weighted by molar-refractivity contribution is 0.231. The lowest BCUT2D eigenvalue weighted by Crippen LogP contribution is -2.23. The topological polar surface area (TPSA) is 100 Å². The summed E-state index contributed by atoms with van der Waals surface area (Å²) in [6.45, 7) is 5.65. The minimum atomic E-state index is -0.490. The highest BCUT2D eigenvalue weighted by molar-refractivity contribution is 7.15. The van der Waals surface area contributed by atoms with Crippen molar-refractivity contribution in [3.05, 3.63) is 93.7 Å². The van der Waals surface area contributed by atoms with E-state index in [-0.39, 0.29) is 35.2 Å². The van der Waals surface area contributed by atoms with Gasteiger partial charge in [-0.2, -0.15) is 5.10 Å². The van der Waals surface area contributed by atoms with E-state index in [1.165, 1.54) is 12.4 Å². The molecule has 1 unspecified atom stereocenters. The van der Waals surface area contributed by atoms with E-state index in [2.05, 4.69) is 16.0 Å². The molecule has 2 aromatic carbocycles. The Balaban J connectivity index is 1.49. The van der Waals surface area contributed by atoms with Gasteiger partial charge in [0.05, 0.1) is 23.1 Å². The minimum Gasteiger partial charge on any atom is -0.488 e. The van der Waals surface area contributed by atoms with Crippen LogP contribution in [0, 0.1) is 18.7 Å². The Morgan fingerprint density at radius 1 is 1.07 bits per heavy atom. The van der Waals surface area contributed by atoms with Crippen LogP contribution in [-0.4, -0.2) is 30.3 Å². The summed E-state index contributed by atoms with van der Waals surface area (Å²) in [6, 6.07) is 16.4. The predicted octanol–water partition coefficient (Wildman–Crippen LogP) is 6.65. The van der Waals surface area contributed by atoms with Crippen LogP contribution in [0.15, 0.2) is 71.1 Å². The Hall–Kier alpha value is -4.57. The quantitative estimate of drug-likeness (QED) is 0.227. The fourth-order valence-electron chi connectivity index (χ4n) is 5.74. The van der Waals surface area contributed by atoms with Gasteiger partial charge in [-0.1, -0.05) is 30.3 Å². The number of nitrogen functional groups attached to an aromatic ring is 1. The van der Waals surface area contributed by atoms with Crippen molar-refractivity contribution in [2.24, 2.45) is 5.92 Å². The first-order valence-corrected chi connectivity index (χ1v) is 14.8. The second kappa shape index (κ2) is 10.1. The lowest BCUT2D eigenvalue weighted by atomic mass is 9.93. The molecule has 1 fully saturated rings. The number of aromatic nitrogens is 5. The van der Waals surface area contributed by atoms with Gasteiger partial charge in [0.15, 0.2) is 17.2 Å². The number of pyridine rings is 1. The molecule has 1 atom stereocenters. The first-order valence-electron chi connectivity index (χ1n) is 14.0. The summed E-state index contributed by atoms with van der Waals surface area (Å²) in [5.74, 6) is 0.175. The largest absolute Gasteiger partial charge is 0.488 e. The highest BCUT2D eigenvalue weighted by Crippen LogP contribution is 2.47. The van der Waals surface area contributed by atoms with Gasteiger partial charge in [-0.05, 0) is 74.9 Å². The molecule has 42 heavy (non-hydrogen) atoms. The Morgan fingerprint density at radius 2 is 1.86 bits per heavy atom. The molecule has 0 radical (unpaired) electrons. The zero-order valence-corrected chi connectivity index (χ0v) is 24.2. The van der Waals surface area contributed by atoms with E-state index in [1.54, 1.807) is 27.9 Å². The number of nitrogens with two attached hydrogens (primary N) is 1. The summed E-state index contributed by atoms with van der Waals surface area (Å²) in [7, 11) is 0. The van der Waals surface area contributed by atoms with Gasteiger partial charge < -0.3 is 10.5 Å². The minimum absolute atomic E-state index is 0.0632. The third-order valence-electron chi connectivity index (χ3n) is 7.71. The molecule has 7 rings (SSSR count). The van der Waals surface area contributed by atoms with Crippen molar-refractivity contribution in [3.63, 3.8) is 0 Å². The van der Waals surface area contributed by atoms with Crippen LogP contribution in [0.5, 0.6) is 5.75 Å². The third kappa shape index (κ3) is 4.34. The van der Waals surface area contributed by atoms with Gasteiger partial charge in [0, 0.05) is 16.6 Å². The third-order valence-corrected chi connectivity index (χ3v) is 8.71. The number of nitrogens with zero attached hydrogens (tertiary/aromatic N) is 5. The standard InChI is InChI=1S/C32H29FN6O2S/c1-17(2)41-24-12-11-21(13-23(24)33)28-27-30(34)35-16-36-31(27)39(37-28)29(20-9-10-20)22-14-25-38(18(3)15-42-25)32(40)26(22)19-7-5-4-6-8-19/h4-8,11-17,20,29H,9-10H2,1-3H3,(H2,34,35,36). The normalized spacial score (nSPS) is 14.2. The van der Waals surface area contributed by atoms with Crippen LogP contribution in [0.3, 0.4) is 0 Å². The number of anilines is 1. The average Bonchev–Trinajstić information content (AvgIpc) is 3.62. The molecule has 4 aromatic heterocycles. The Bertz CT molecular complexity index is 2030. The smallest absolute Gasteiger partial charge is 0.264 e. The highest BCUT2D eigenvalue weighted by Gasteiger charge is 2.39. The van der Waals surface area contributed by atoms with Crippen LogP contribution >= 0.6 is 11.3 Å². The molecular weight excluding hydrogens is 551 g/mol. The molecule has 8 nitrogen and oxygen atoms in total. The van der Waals surface area contributed by atoms with Crippen LogP contribution < -0.4 is 16.0 Å². The average molecular weight is 581 g/mol. The number of ether oxygens (including phenoxy) is 1. The van der Waals surface area contributed by atoms with Gasteiger partial charge in [-0.25, -0.2) is 19.0 Å². The van der Waals surface area contributed by atoms with Crippen LogP contribution in [0.1, 0.15) is 44.0 Å². The number of benzene rings is 2. The summed E-state index contributed by atoms with van der Waals surface area (Å²) in [5, 5.41) is 7.61. The molecule has 0 bridgehead atoms. The molecule has 0 amide bonds.